The summed E-state index contributed by atoms with van der Waals surface area (Å²) >= 11 is 1.55. The number of nitrogens with zero attached hydrogens (tertiary/aromatic N) is 5. The summed E-state index contributed by atoms with van der Waals surface area (Å²) in [6.07, 6.45) is 0. The number of thiophene rings is 1. The quantitative estimate of drug-likeness (QED) is 0.464. The molecule has 1 aliphatic rings. The number of methoxy groups -OCH3 is 2. The molecule has 4 aromatic rings. The minimum atomic E-state index is -0.394. The van der Waals surface area contributed by atoms with E-state index in [4.69, 9.17) is 9.47 Å². The van der Waals surface area contributed by atoms with E-state index in [1.165, 1.54) is 0 Å². The van der Waals surface area contributed by atoms with E-state index in [0.29, 0.717) is 34.4 Å². The lowest BCUT2D eigenvalue weighted by Crippen LogP contribution is -2.28. The van der Waals surface area contributed by atoms with Crippen molar-refractivity contribution in [2.75, 3.05) is 19.5 Å². The van der Waals surface area contributed by atoms with Crippen LogP contribution in [0.5, 0.6) is 11.5 Å². The summed E-state index contributed by atoms with van der Waals surface area (Å²) in [4.78, 5) is 13.6. The van der Waals surface area contributed by atoms with Gasteiger partial charge in [-0.3, -0.25) is 4.79 Å². The van der Waals surface area contributed by atoms with E-state index in [1.54, 1.807) is 36.3 Å². The molecule has 29 heavy (non-hydrogen) atoms. The maximum absolute atomic E-state index is 12.6. The van der Waals surface area contributed by atoms with E-state index in [9.17, 15) is 4.79 Å². The van der Waals surface area contributed by atoms with Gasteiger partial charge in [-0.15, -0.1) is 11.3 Å². The Bertz CT molecular complexity index is 1250. The summed E-state index contributed by atoms with van der Waals surface area (Å²) in [5.74, 6) is 1.56. The molecule has 2 N–H and O–H groups in total. The number of H-pyrrole nitrogens is 1. The van der Waals surface area contributed by atoms with E-state index in [0.717, 1.165) is 10.4 Å². The highest BCUT2D eigenvalue weighted by molar-refractivity contribution is 7.10. The van der Waals surface area contributed by atoms with Crippen LogP contribution in [0, 0.1) is 0 Å². The average Bonchev–Trinajstić information content (AvgIpc) is 3.44. The number of hydrogen-bond acceptors (Lipinski definition) is 9. The molecule has 0 amide bonds. The summed E-state index contributed by atoms with van der Waals surface area (Å²) in [7, 11) is 3.15. The van der Waals surface area contributed by atoms with E-state index >= 15 is 0 Å². The van der Waals surface area contributed by atoms with Gasteiger partial charge in [-0.05, 0) is 40.1 Å². The van der Waals surface area contributed by atoms with Crippen LogP contribution in [-0.4, -0.2) is 44.6 Å². The van der Waals surface area contributed by atoms with Crippen molar-refractivity contribution in [3.63, 3.8) is 0 Å². The Morgan fingerprint density at radius 2 is 2.03 bits per heavy atom. The van der Waals surface area contributed by atoms with Gasteiger partial charge >= 0.3 is 0 Å². The van der Waals surface area contributed by atoms with Gasteiger partial charge in [-0.25, -0.2) is 5.10 Å². The van der Waals surface area contributed by atoms with Crippen molar-refractivity contribution in [2.24, 2.45) is 0 Å². The maximum Gasteiger partial charge on any atom is 0.288 e. The second kappa shape index (κ2) is 6.71. The fourth-order valence-electron chi connectivity index (χ4n) is 3.45. The number of anilines is 2. The highest BCUT2D eigenvalue weighted by atomic mass is 32.1. The van der Waals surface area contributed by atoms with Crippen LogP contribution in [-0.2, 0) is 0 Å². The molecule has 3 aromatic heterocycles. The number of rotatable bonds is 4. The van der Waals surface area contributed by atoms with E-state index in [-0.39, 0.29) is 5.56 Å². The molecule has 146 valence electrons. The molecule has 1 aliphatic heterocycles. The molecule has 5 rings (SSSR count). The molecular formula is C18H15N7O3S. The molecular weight excluding hydrogens is 394 g/mol. The molecule has 1 aromatic carbocycles. The normalized spacial score (nSPS) is 14.6. The molecule has 0 unspecified atom stereocenters. The van der Waals surface area contributed by atoms with Crippen molar-refractivity contribution in [1.29, 1.82) is 0 Å². The van der Waals surface area contributed by atoms with Gasteiger partial charge in [0.2, 0.25) is 5.95 Å². The Morgan fingerprint density at radius 1 is 1.17 bits per heavy atom. The molecule has 0 bridgehead atoms. The van der Waals surface area contributed by atoms with Crippen LogP contribution in [0.15, 0.2) is 40.5 Å². The first-order valence-electron chi connectivity index (χ1n) is 8.64. The van der Waals surface area contributed by atoms with Gasteiger partial charge in [0.05, 0.1) is 19.9 Å². The van der Waals surface area contributed by atoms with Gasteiger partial charge < -0.3 is 14.8 Å². The first-order chi connectivity index (χ1) is 14.2. The van der Waals surface area contributed by atoms with Crippen LogP contribution in [0.25, 0.3) is 11.3 Å². The van der Waals surface area contributed by atoms with Gasteiger partial charge in [-0.2, -0.15) is 9.78 Å². The van der Waals surface area contributed by atoms with Crippen LogP contribution < -0.4 is 20.3 Å². The number of ether oxygens (including phenoxy) is 2. The fraction of sp³-hybridized carbons (Fsp3) is 0.167. The summed E-state index contributed by atoms with van der Waals surface area (Å²) in [6, 6.07) is 9.02. The smallest absolute Gasteiger partial charge is 0.288 e. The lowest BCUT2D eigenvalue weighted by Gasteiger charge is -2.26. The first-order valence-corrected chi connectivity index (χ1v) is 9.52. The molecule has 0 spiro atoms. The van der Waals surface area contributed by atoms with Crippen molar-refractivity contribution < 1.29 is 9.47 Å². The Kier molecular flexibility index (Phi) is 4.02. The van der Waals surface area contributed by atoms with Gasteiger partial charge in [0.15, 0.2) is 11.5 Å². The zero-order chi connectivity index (χ0) is 20.0. The predicted octanol–water partition coefficient (Wildman–Crippen LogP) is 2.20. The van der Waals surface area contributed by atoms with E-state index < -0.39 is 6.04 Å². The Hall–Kier alpha value is -3.73. The third-order valence-electron chi connectivity index (χ3n) is 4.74. The lowest BCUT2D eigenvalue weighted by molar-refractivity contribution is 0.355. The second-order valence-corrected chi connectivity index (χ2v) is 7.23. The monoisotopic (exact) mass is 409 g/mol. The van der Waals surface area contributed by atoms with Crippen molar-refractivity contribution in [3.05, 3.63) is 56.5 Å². The van der Waals surface area contributed by atoms with Gasteiger partial charge in [0.25, 0.3) is 5.56 Å². The molecule has 0 saturated carbocycles. The summed E-state index contributed by atoms with van der Waals surface area (Å²) in [6.45, 7) is 0. The first kappa shape index (κ1) is 17.4. The molecule has 11 heteroatoms. The zero-order valence-corrected chi connectivity index (χ0v) is 16.2. The minimum Gasteiger partial charge on any atom is -0.493 e. The van der Waals surface area contributed by atoms with Gasteiger partial charge in [0.1, 0.15) is 11.7 Å². The number of benzene rings is 1. The van der Waals surface area contributed by atoms with Crippen molar-refractivity contribution in [2.45, 2.75) is 6.04 Å². The topological polar surface area (TPSA) is 120 Å². The summed E-state index contributed by atoms with van der Waals surface area (Å²) < 4.78 is 12.4. The van der Waals surface area contributed by atoms with Crippen LogP contribution in [0.4, 0.5) is 11.6 Å². The molecule has 0 radical (unpaired) electrons. The summed E-state index contributed by atoms with van der Waals surface area (Å²) in [5, 5.41) is 23.8. The largest absolute Gasteiger partial charge is 0.493 e. The van der Waals surface area contributed by atoms with Gasteiger partial charge in [0, 0.05) is 16.0 Å². The number of nitrogens with one attached hydrogen (secondary N) is 2. The molecule has 10 nitrogen and oxygen atoms in total. The SMILES string of the molecule is COc1ccc(-c2n[nH]c(=O)c3c2[C@H](c2cccs2)n2nnnc2N3)cc1OC. The molecule has 1 atom stereocenters. The average molecular weight is 409 g/mol. The maximum atomic E-state index is 12.6. The predicted molar refractivity (Wildman–Crippen MR) is 106 cm³/mol. The number of aromatic amines is 1. The number of hydrogen-bond donors (Lipinski definition) is 2. The van der Waals surface area contributed by atoms with Crippen LogP contribution >= 0.6 is 11.3 Å². The second-order valence-electron chi connectivity index (χ2n) is 6.25. The third-order valence-corrected chi connectivity index (χ3v) is 5.66. The number of tetrazole rings is 1. The molecule has 0 fully saturated rings. The minimum absolute atomic E-state index is 0.347. The van der Waals surface area contributed by atoms with Crippen molar-refractivity contribution in [3.8, 4) is 22.8 Å². The molecule has 0 aliphatic carbocycles. The summed E-state index contributed by atoms with van der Waals surface area (Å²) in [5.41, 5.74) is 2.05. The van der Waals surface area contributed by atoms with Crippen LogP contribution in [0.3, 0.4) is 0 Å². The highest BCUT2D eigenvalue weighted by Crippen LogP contribution is 2.43. The Balaban J connectivity index is 1.78. The molecule has 4 heterocycles. The fourth-order valence-corrected chi connectivity index (χ4v) is 4.27. The zero-order valence-electron chi connectivity index (χ0n) is 15.4. The van der Waals surface area contributed by atoms with Crippen LogP contribution in [0.1, 0.15) is 16.5 Å². The van der Waals surface area contributed by atoms with Crippen LogP contribution in [0.2, 0.25) is 0 Å². The highest BCUT2D eigenvalue weighted by Gasteiger charge is 2.35. The number of aromatic nitrogens is 6. The van der Waals surface area contributed by atoms with Crippen molar-refractivity contribution >= 4 is 23.0 Å². The van der Waals surface area contributed by atoms with E-state index in [1.807, 2.05) is 29.6 Å². The standard InChI is InChI=1S/C18H15N7O3S/c1-27-10-6-5-9(8-11(10)28-2)14-13-15(17(26)21-20-14)19-18-22-23-24-25(18)16(13)12-4-3-7-29-12/h3-8,16H,1-2H3,(H,21,26)(H,19,22,24)/t16-/m0/s1. The van der Waals surface area contributed by atoms with E-state index in [2.05, 4.69) is 31.0 Å². The molecule has 0 saturated heterocycles. The number of fused-ring (bicyclic) bond motifs is 2. The lowest BCUT2D eigenvalue weighted by atomic mass is 9.96. The third kappa shape index (κ3) is 2.66. The Labute approximate surface area is 168 Å². The van der Waals surface area contributed by atoms with Gasteiger partial charge in [-0.1, -0.05) is 11.2 Å². The van der Waals surface area contributed by atoms with Crippen molar-refractivity contribution in [1.82, 2.24) is 30.4 Å². The Morgan fingerprint density at radius 3 is 2.79 bits per heavy atom.